The Bertz CT molecular complexity index is 1310. The van der Waals surface area contributed by atoms with Crippen LogP contribution < -0.4 is 14.4 Å². The minimum atomic E-state index is -0.137. The monoisotopic (exact) mass is 458 g/mol. The van der Waals surface area contributed by atoms with Crippen LogP contribution in [0.2, 0.25) is 0 Å². The minimum absolute atomic E-state index is 0.137. The fourth-order valence-corrected chi connectivity index (χ4v) is 4.84. The van der Waals surface area contributed by atoms with Gasteiger partial charge in [-0.15, -0.1) is 0 Å². The van der Waals surface area contributed by atoms with Crippen molar-refractivity contribution in [2.45, 2.75) is 20.4 Å². The molecule has 5 nitrogen and oxygen atoms in total. The number of anilines is 1. The quantitative estimate of drug-likeness (QED) is 0.311. The Labute approximate surface area is 197 Å². The summed E-state index contributed by atoms with van der Waals surface area (Å²) in [5.41, 5.74) is 5.12. The molecule has 0 spiro atoms. The molecule has 0 aliphatic rings. The van der Waals surface area contributed by atoms with Gasteiger partial charge in [-0.2, -0.15) is 0 Å². The van der Waals surface area contributed by atoms with Gasteiger partial charge < -0.3 is 9.47 Å². The van der Waals surface area contributed by atoms with Crippen LogP contribution in [-0.4, -0.2) is 25.1 Å². The summed E-state index contributed by atoms with van der Waals surface area (Å²) in [7, 11) is 3.19. The van der Waals surface area contributed by atoms with Crippen molar-refractivity contribution in [2.24, 2.45) is 0 Å². The Hall–Kier alpha value is -3.64. The molecule has 6 heteroatoms. The molecule has 0 aliphatic heterocycles. The van der Waals surface area contributed by atoms with Gasteiger partial charge in [-0.3, -0.25) is 9.69 Å². The average Bonchev–Trinajstić information content (AvgIpc) is 3.25. The number of nitrogens with zero attached hydrogens (tertiary/aromatic N) is 2. The third-order valence-electron chi connectivity index (χ3n) is 5.32. The second kappa shape index (κ2) is 9.88. The van der Waals surface area contributed by atoms with Crippen LogP contribution in [0.15, 0.2) is 66.7 Å². The Morgan fingerprint density at radius 2 is 1.76 bits per heavy atom. The molecule has 1 amide bonds. The van der Waals surface area contributed by atoms with Crippen LogP contribution in [0, 0.1) is 13.8 Å². The molecule has 33 heavy (non-hydrogen) atoms. The lowest BCUT2D eigenvalue weighted by Gasteiger charge is -2.18. The van der Waals surface area contributed by atoms with Crippen molar-refractivity contribution in [3.63, 3.8) is 0 Å². The molecule has 0 saturated carbocycles. The number of fused-ring (bicyclic) bond motifs is 1. The number of thiazole rings is 1. The predicted octanol–water partition coefficient (Wildman–Crippen LogP) is 6.18. The van der Waals surface area contributed by atoms with Gasteiger partial charge in [0.25, 0.3) is 5.91 Å². The molecule has 0 fully saturated rings. The maximum Gasteiger partial charge on any atom is 0.253 e. The average molecular weight is 459 g/mol. The van der Waals surface area contributed by atoms with Crippen LogP contribution in [0.3, 0.4) is 0 Å². The molecule has 168 valence electrons. The highest BCUT2D eigenvalue weighted by Gasteiger charge is 2.19. The van der Waals surface area contributed by atoms with Gasteiger partial charge >= 0.3 is 0 Å². The molecule has 0 N–H and O–H groups in total. The van der Waals surface area contributed by atoms with E-state index in [1.165, 1.54) is 16.9 Å². The van der Waals surface area contributed by atoms with Gasteiger partial charge in [0.2, 0.25) is 0 Å². The Morgan fingerprint density at radius 3 is 2.48 bits per heavy atom. The fraction of sp³-hybridized carbons (Fsp3) is 0.185. The summed E-state index contributed by atoms with van der Waals surface area (Å²) in [6.45, 7) is 4.57. The Balaban J connectivity index is 1.68. The highest BCUT2D eigenvalue weighted by Crippen LogP contribution is 2.33. The molecule has 4 rings (SSSR count). The number of carbonyl (C=O) groups is 1. The first-order chi connectivity index (χ1) is 16.0. The highest BCUT2D eigenvalue weighted by molar-refractivity contribution is 7.22. The molecule has 0 bridgehead atoms. The van der Waals surface area contributed by atoms with Crippen molar-refractivity contribution in [3.05, 3.63) is 89.0 Å². The normalized spacial score (nSPS) is 11.2. The third-order valence-corrected chi connectivity index (χ3v) is 6.35. The maximum atomic E-state index is 13.4. The largest absolute Gasteiger partial charge is 0.493 e. The van der Waals surface area contributed by atoms with E-state index in [0.29, 0.717) is 23.2 Å². The van der Waals surface area contributed by atoms with E-state index in [1.54, 1.807) is 31.3 Å². The summed E-state index contributed by atoms with van der Waals surface area (Å²) in [5.74, 6) is 1.12. The highest BCUT2D eigenvalue weighted by atomic mass is 32.1. The molecule has 4 aromatic rings. The molecule has 0 unspecified atom stereocenters. The lowest BCUT2D eigenvalue weighted by Crippen LogP contribution is -2.28. The summed E-state index contributed by atoms with van der Waals surface area (Å²) in [6, 6.07) is 19.7. The molecule has 0 radical (unpaired) electrons. The number of aryl methyl sites for hydroxylation is 2. The second-order valence-electron chi connectivity index (χ2n) is 7.78. The van der Waals surface area contributed by atoms with Crippen molar-refractivity contribution in [1.82, 2.24) is 4.98 Å². The SMILES string of the molecule is COc1ccc(/C=C/C(=O)N(Cc2ccccc2)c2nc3c(C)cc(C)cc3s2)cc1OC. The number of methoxy groups -OCH3 is 2. The first-order valence-corrected chi connectivity index (χ1v) is 11.4. The number of hydrogen-bond acceptors (Lipinski definition) is 5. The van der Waals surface area contributed by atoms with Gasteiger partial charge in [-0.25, -0.2) is 4.98 Å². The zero-order valence-corrected chi connectivity index (χ0v) is 20.0. The summed E-state index contributed by atoms with van der Waals surface area (Å²) in [6.07, 6.45) is 3.36. The number of rotatable bonds is 7. The molecule has 1 aromatic heterocycles. The first-order valence-electron chi connectivity index (χ1n) is 10.6. The van der Waals surface area contributed by atoms with Gasteiger partial charge in [0.1, 0.15) is 0 Å². The summed E-state index contributed by atoms with van der Waals surface area (Å²) in [4.78, 5) is 19.9. The van der Waals surface area contributed by atoms with Gasteiger partial charge in [0.15, 0.2) is 16.6 Å². The van der Waals surface area contributed by atoms with E-state index in [1.807, 2.05) is 48.5 Å². The van der Waals surface area contributed by atoms with Crippen LogP contribution >= 0.6 is 11.3 Å². The maximum absolute atomic E-state index is 13.4. The van der Waals surface area contributed by atoms with E-state index < -0.39 is 0 Å². The number of hydrogen-bond donors (Lipinski definition) is 0. The van der Waals surface area contributed by atoms with E-state index in [4.69, 9.17) is 14.5 Å². The summed E-state index contributed by atoms with van der Waals surface area (Å²) < 4.78 is 11.7. The molecular weight excluding hydrogens is 432 g/mol. The summed E-state index contributed by atoms with van der Waals surface area (Å²) in [5, 5.41) is 0.685. The van der Waals surface area contributed by atoms with Crippen molar-refractivity contribution in [2.75, 3.05) is 19.1 Å². The van der Waals surface area contributed by atoms with E-state index >= 15 is 0 Å². The fourth-order valence-electron chi connectivity index (χ4n) is 3.69. The van der Waals surface area contributed by atoms with E-state index in [9.17, 15) is 4.79 Å². The van der Waals surface area contributed by atoms with Crippen LogP contribution in [-0.2, 0) is 11.3 Å². The Kier molecular flexibility index (Phi) is 6.75. The van der Waals surface area contributed by atoms with Gasteiger partial charge in [-0.05, 0) is 60.4 Å². The van der Waals surface area contributed by atoms with Crippen molar-refractivity contribution in [3.8, 4) is 11.5 Å². The summed E-state index contributed by atoms with van der Waals surface area (Å²) >= 11 is 1.54. The molecular formula is C27H26N2O3S. The molecule has 0 saturated heterocycles. The molecule has 3 aromatic carbocycles. The zero-order chi connectivity index (χ0) is 23.4. The smallest absolute Gasteiger partial charge is 0.253 e. The standard InChI is InChI=1S/C27H26N2O3S/c1-18-14-19(2)26-24(15-18)33-27(28-26)29(17-21-8-6-5-7-9-21)25(30)13-11-20-10-12-22(31-3)23(16-20)32-4/h5-16H,17H2,1-4H3/b13-11+. The number of amides is 1. The number of benzene rings is 3. The number of aromatic nitrogens is 1. The predicted molar refractivity (Wildman–Crippen MR) is 135 cm³/mol. The lowest BCUT2D eigenvalue weighted by atomic mass is 10.1. The minimum Gasteiger partial charge on any atom is -0.493 e. The van der Waals surface area contributed by atoms with Crippen molar-refractivity contribution >= 4 is 38.7 Å². The zero-order valence-electron chi connectivity index (χ0n) is 19.2. The second-order valence-corrected chi connectivity index (χ2v) is 8.79. The van der Waals surface area contributed by atoms with Gasteiger partial charge in [0, 0.05) is 6.08 Å². The number of carbonyl (C=O) groups excluding carboxylic acids is 1. The van der Waals surface area contributed by atoms with E-state index in [2.05, 4.69) is 26.0 Å². The van der Waals surface area contributed by atoms with E-state index in [0.717, 1.165) is 26.9 Å². The van der Waals surface area contributed by atoms with Crippen LogP contribution in [0.1, 0.15) is 22.3 Å². The molecule has 0 atom stereocenters. The molecule has 1 heterocycles. The lowest BCUT2D eigenvalue weighted by molar-refractivity contribution is -0.114. The number of ether oxygens (including phenoxy) is 2. The van der Waals surface area contributed by atoms with Gasteiger partial charge in [-0.1, -0.05) is 53.8 Å². The van der Waals surface area contributed by atoms with Gasteiger partial charge in [0.05, 0.1) is 31.0 Å². The first kappa shape index (κ1) is 22.6. The van der Waals surface area contributed by atoms with Crippen LogP contribution in [0.25, 0.3) is 16.3 Å². The van der Waals surface area contributed by atoms with Crippen molar-refractivity contribution < 1.29 is 14.3 Å². The molecule has 0 aliphatic carbocycles. The van der Waals surface area contributed by atoms with Crippen LogP contribution in [0.5, 0.6) is 11.5 Å². The third kappa shape index (κ3) is 5.07. The van der Waals surface area contributed by atoms with Crippen LogP contribution in [0.4, 0.5) is 5.13 Å². The topological polar surface area (TPSA) is 51.7 Å². The van der Waals surface area contributed by atoms with E-state index in [-0.39, 0.29) is 5.91 Å². The van der Waals surface area contributed by atoms with Crippen molar-refractivity contribution in [1.29, 1.82) is 0 Å². The Morgan fingerprint density at radius 1 is 1.00 bits per heavy atom.